The normalized spacial score (nSPS) is 11.8. The van der Waals surface area contributed by atoms with Gasteiger partial charge in [-0.3, -0.25) is 9.36 Å². The number of anilines is 1. The molecule has 1 atom stereocenters. The van der Waals surface area contributed by atoms with E-state index in [9.17, 15) is 4.79 Å². The number of benzene rings is 2. The van der Waals surface area contributed by atoms with Gasteiger partial charge >= 0.3 is 0 Å². The van der Waals surface area contributed by atoms with Crippen molar-refractivity contribution >= 4 is 35.0 Å². The maximum Gasteiger partial charge on any atom is 0.234 e. The molecule has 0 aliphatic heterocycles. The number of halogens is 1. The van der Waals surface area contributed by atoms with E-state index in [-0.39, 0.29) is 17.8 Å². The molecule has 6 nitrogen and oxygen atoms in total. The van der Waals surface area contributed by atoms with E-state index < -0.39 is 0 Å². The van der Waals surface area contributed by atoms with Crippen molar-refractivity contribution in [3.8, 4) is 5.75 Å². The molecule has 0 radical (unpaired) electrons. The van der Waals surface area contributed by atoms with Gasteiger partial charge in [0.05, 0.1) is 10.8 Å². The SMILES string of the molecule is C=CCn1c(SCC(=O)Nc2c(CC)cccc2CC)nnc1C(C)Oc1ccccc1Cl. The Hall–Kier alpha value is -2.77. The van der Waals surface area contributed by atoms with Crippen molar-refractivity contribution in [2.45, 2.75) is 51.4 Å². The third kappa shape index (κ3) is 6.18. The molecule has 33 heavy (non-hydrogen) atoms. The molecule has 0 saturated carbocycles. The number of thioether (sulfide) groups is 1. The number of aryl methyl sites for hydroxylation is 2. The lowest BCUT2D eigenvalue weighted by Gasteiger charge is -2.16. The van der Waals surface area contributed by atoms with Crippen LogP contribution in [0.5, 0.6) is 5.75 Å². The van der Waals surface area contributed by atoms with Gasteiger partial charge in [-0.05, 0) is 43.0 Å². The number of ether oxygens (including phenoxy) is 1. The van der Waals surface area contributed by atoms with Gasteiger partial charge in [-0.2, -0.15) is 0 Å². The van der Waals surface area contributed by atoms with Crippen molar-refractivity contribution in [3.63, 3.8) is 0 Å². The highest BCUT2D eigenvalue weighted by molar-refractivity contribution is 7.99. The van der Waals surface area contributed by atoms with Crippen molar-refractivity contribution in [3.05, 3.63) is 77.1 Å². The molecule has 1 unspecified atom stereocenters. The summed E-state index contributed by atoms with van der Waals surface area (Å²) in [5.74, 6) is 1.36. The summed E-state index contributed by atoms with van der Waals surface area (Å²) in [6.45, 7) is 10.4. The summed E-state index contributed by atoms with van der Waals surface area (Å²) < 4.78 is 7.92. The standard InChI is InChI=1S/C25H29ClN4O2S/c1-5-15-30-24(17(4)32-21-14-9-8-13-20(21)26)28-29-25(30)33-16-22(31)27-23-18(6-2)11-10-12-19(23)7-3/h5,8-14,17H,1,6-7,15-16H2,2-4H3,(H,27,31). The number of hydrogen-bond acceptors (Lipinski definition) is 5. The predicted octanol–water partition coefficient (Wildman–Crippen LogP) is 6.11. The van der Waals surface area contributed by atoms with E-state index in [1.807, 2.05) is 35.8 Å². The van der Waals surface area contributed by atoms with Crippen LogP contribution in [0.25, 0.3) is 0 Å². The van der Waals surface area contributed by atoms with Gasteiger partial charge in [0.2, 0.25) is 5.91 Å². The number of amides is 1. The minimum Gasteiger partial charge on any atom is -0.481 e. The molecule has 0 aliphatic rings. The first kappa shape index (κ1) is 24.9. The Balaban J connectivity index is 1.72. The summed E-state index contributed by atoms with van der Waals surface area (Å²) in [7, 11) is 0. The van der Waals surface area contributed by atoms with Crippen molar-refractivity contribution in [1.82, 2.24) is 14.8 Å². The van der Waals surface area contributed by atoms with Crippen molar-refractivity contribution in [1.29, 1.82) is 0 Å². The van der Waals surface area contributed by atoms with Gasteiger partial charge in [0.25, 0.3) is 0 Å². The summed E-state index contributed by atoms with van der Waals surface area (Å²) in [6, 6.07) is 13.4. The van der Waals surface area contributed by atoms with Crippen LogP contribution < -0.4 is 10.1 Å². The number of allylic oxidation sites excluding steroid dienone is 1. The summed E-state index contributed by atoms with van der Waals surface area (Å²) in [6.07, 6.45) is 3.10. The first-order chi connectivity index (χ1) is 16.0. The Morgan fingerprint density at radius 3 is 2.52 bits per heavy atom. The molecule has 2 aromatic carbocycles. The van der Waals surface area contributed by atoms with Gasteiger partial charge in [0.1, 0.15) is 5.75 Å². The molecule has 1 aromatic heterocycles. The number of carbonyl (C=O) groups excluding carboxylic acids is 1. The van der Waals surface area contributed by atoms with E-state index in [1.54, 1.807) is 12.1 Å². The zero-order valence-electron chi connectivity index (χ0n) is 19.2. The lowest BCUT2D eigenvalue weighted by atomic mass is 10.0. The van der Waals surface area contributed by atoms with Crippen molar-refractivity contribution in [2.24, 2.45) is 0 Å². The van der Waals surface area contributed by atoms with E-state index in [0.29, 0.717) is 28.3 Å². The number of aromatic nitrogens is 3. The second-order valence-corrected chi connectivity index (χ2v) is 8.78. The van der Waals surface area contributed by atoms with E-state index in [4.69, 9.17) is 16.3 Å². The van der Waals surface area contributed by atoms with E-state index in [2.05, 4.69) is 48.1 Å². The van der Waals surface area contributed by atoms with Gasteiger partial charge in [-0.25, -0.2) is 0 Å². The highest BCUT2D eigenvalue weighted by Crippen LogP contribution is 2.30. The fourth-order valence-corrected chi connectivity index (χ4v) is 4.44. The number of hydrogen-bond donors (Lipinski definition) is 1. The van der Waals surface area contributed by atoms with Crippen LogP contribution in [0.15, 0.2) is 60.3 Å². The zero-order chi connectivity index (χ0) is 23.8. The summed E-state index contributed by atoms with van der Waals surface area (Å²) in [5, 5.41) is 12.9. The van der Waals surface area contributed by atoms with Gasteiger partial charge < -0.3 is 10.1 Å². The van der Waals surface area contributed by atoms with Crippen LogP contribution in [-0.2, 0) is 24.2 Å². The van der Waals surface area contributed by atoms with Crippen LogP contribution >= 0.6 is 23.4 Å². The van der Waals surface area contributed by atoms with Crippen LogP contribution in [-0.4, -0.2) is 26.4 Å². The smallest absolute Gasteiger partial charge is 0.234 e. The maximum absolute atomic E-state index is 12.8. The molecule has 0 spiro atoms. The van der Waals surface area contributed by atoms with Crippen molar-refractivity contribution < 1.29 is 9.53 Å². The van der Waals surface area contributed by atoms with Gasteiger partial charge in [-0.15, -0.1) is 16.8 Å². The number of rotatable bonds is 11. The Bertz CT molecular complexity index is 1090. The van der Waals surface area contributed by atoms with Crippen LogP contribution in [0.2, 0.25) is 5.02 Å². The lowest BCUT2D eigenvalue weighted by Crippen LogP contribution is -2.17. The highest BCUT2D eigenvalue weighted by atomic mass is 35.5. The average Bonchev–Trinajstić information content (AvgIpc) is 3.22. The molecule has 1 amide bonds. The quantitative estimate of drug-likeness (QED) is 0.262. The highest BCUT2D eigenvalue weighted by Gasteiger charge is 2.21. The molecular weight excluding hydrogens is 456 g/mol. The van der Waals surface area contributed by atoms with E-state index in [0.717, 1.165) is 29.7 Å². The van der Waals surface area contributed by atoms with Crippen LogP contribution in [0.3, 0.4) is 0 Å². The third-order valence-corrected chi connectivity index (χ3v) is 6.44. The second kappa shape index (κ2) is 11.9. The first-order valence-electron chi connectivity index (χ1n) is 11.0. The van der Waals surface area contributed by atoms with Crippen LogP contribution in [0.4, 0.5) is 5.69 Å². The molecule has 1 heterocycles. The second-order valence-electron chi connectivity index (χ2n) is 7.43. The average molecular weight is 485 g/mol. The Morgan fingerprint density at radius 1 is 1.18 bits per heavy atom. The zero-order valence-corrected chi connectivity index (χ0v) is 20.7. The number of para-hydroxylation sites is 2. The maximum atomic E-state index is 12.8. The van der Waals surface area contributed by atoms with E-state index >= 15 is 0 Å². The Labute approximate surface area is 204 Å². The summed E-state index contributed by atoms with van der Waals surface area (Å²) in [5.41, 5.74) is 3.19. The van der Waals surface area contributed by atoms with Crippen LogP contribution in [0.1, 0.15) is 43.8 Å². The first-order valence-corrected chi connectivity index (χ1v) is 12.3. The molecule has 3 aromatic rings. The molecule has 8 heteroatoms. The minimum atomic E-state index is -0.385. The molecule has 0 bridgehead atoms. The van der Waals surface area contributed by atoms with Crippen LogP contribution in [0, 0.1) is 0 Å². The van der Waals surface area contributed by atoms with Gasteiger partial charge in [0, 0.05) is 12.2 Å². The third-order valence-electron chi connectivity index (χ3n) is 5.16. The largest absolute Gasteiger partial charge is 0.481 e. The Morgan fingerprint density at radius 2 is 1.88 bits per heavy atom. The fourth-order valence-electron chi connectivity index (χ4n) is 3.50. The number of nitrogens with one attached hydrogen (secondary N) is 1. The van der Waals surface area contributed by atoms with E-state index in [1.165, 1.54) is 11.8 Å². The number of nitrogens with zero attached hydrogens (tertiary/aromatic N) is 3. The number of carbonyl (C=O) groups is 1. The monoisotopic (exact) mass is 484 g/mol. The molecule has 0 saturated heterocycles. The molecule has 174 valence electrons. The minimum absolute atomic E-state index is 0.0781. The molecule has 1 N–H and O–H groups in total. The fraction of sp³-hybridized carbons (Fsp3) is 0.320. The summed E-state index contributed by atoms with van der Waals surface area (Å²) in [4.78, 5) is 12.8. The molecule has 3 rings (SSSR count). The van der Waals surface area contributed by atoms with Gasteiger partial charge in [0.15, 0.2) is 17.1 Å². The lowest BCUT2D eigenvalue weighted by molar-refractivity contribution is -0.113. The molecule has 0 fully saturated rings. The van der Waals surface area contributed by atoms with Crippen molar-refractivity contribution in [2.75, 3.05) is 11.1 Å². The summed E-state index contributed by atoms with van der Waals surface area (Å²) >= 11 is 7.56. The predicted molar refractivity (Wildman–Crippen MR) is 135 cm³/mol. The Kier molecular flexibility index (Phi) is 8.97. The van der Waals surface area contributed by atoms with Gasteiger partial charge in [-0.1, -0.05) is 73.6 Å². The molecular formula is C25H29ClN4O2S. The topological polar surface area (TPSA) is 69.0 Å². The molecule has 0 aliphatic carbocycles.